The van der Waals surface area contributed by atoms with Crippen molar-refractivity contribution in [1.29, 1.82) is 0 Å². The van der Waals surface area contributed by atoms with E-state index in [-0.39, 0.29) is 11.7 Å². The van der Waals surface area contributed by atoms with Gasteiger partial charge in [-0.1, -0.05) is 49.7 Å². The largest absolute Gasteiger partial charge is 0.331 e. The van der Waals surface area contributed by atoms with Gasteiger partial charge in [0.05, 0.1) is 19.8 Å². The van der Waals surface area contributed by atoms with Crippen LogP contribution in [-0.4, -0.2) is 40.5 Å². The Morgan fingerprint density at radius 1 is 1.32 bits per heavy atom. The van der Waals surface area contributed by atoms with Crippen molar-refractivity contribution in [3.8, 4) is 0 Å². The van der Waals surface area contributed by atoms with Gasteiger partial charge in [-0.15, -0.1) is 10.2 Å². The molecule has 0 bridgehead atoms. The Hall–Kier alpha value is -1.57. The number of thioether (sulfide) groups is 1. The molecule has 154 valence electrons. The highest BCUT2D eigenvalue weighted by Gasteiger charge is 2.25. The van der Waals surface area contributed by atoms with Crippen molar-refractivity contribution >= 4 is 35.0 Å². The molecule has 1 aromatic heterocycles. The van der Waals surface area contributed by atoms with Gasteiger partial charge in [-0.2, -0.15) is 0 Å². The Labute approximate surface area is 177 Å². The summed E-state index contributed by atoms with van der Waals surface area (Å²) < 4.78 is 2.19. The molecule has 2 N–H and O–H groups in total. The summed E-state index contributed by atoms with van der Waals surface area (Å²) in [7, 11) is 4.28. The fraction of sp³-hybridized carbons (Fsp3) is 0.550. The molecule has 0 aliphatic carbocycles. The molecule has 0 aliphatic rings. The molecule has 0 aliphatic heterocycles. The molecule has 1 amide bonds. The summed E-state index contributed by atoms with van der Waals surface area (Å²) in [6, 6.07) is 5.78. The second-order valence-corrected chi connectivity index (χ2v) is 8.56. The zero-order valence-electron chi connectivity index (χ0n) is 17.4. The average Bonchev–Trinajstić information content (AvgIpc) is 3.04. The molecule has 1 heterocycles. The van der Waals surface area contributed by atoms with E-state index in [1.54, 1.807) is 6.07 Å². The normalized spacial score (nSPS) is 12.4. The first-order chi connectivity index (χ1) is 13.4. The summed E-state index contributed by atoms with van der Waals surface area (Å²) in [6.07, 6.45) is 3.15. The van der Waals surface area contributed by atoms with E-state index < -0.39 is 0 Å². The molecule has 0 spiro atoms. The summed E-state index contributed by atoms with van der Waals surface area (Å²) in [5.74, 6) is 1.21. The lowest BCUT2D eigenvalue weighted by Crippen LogP contribution is -3.06. The van der Waals surface area contributed by atoms with E-state index in [0.29, 0.717) is 11.1 Å². The number of benzene rings is 1. The number of aryl methyl sites for hydroxylation is 1. The van der Waals surface area contributed by atoms with Gasteiger partial charge in [-0.05, 0) is 31.0 Å². The Morgan fingerprint density at radius 3 is 2.71 bits per heavy atom. The van der Waals surface area contributed by atoms with E-state index in [1.165, 1.54) is 16.7 Å². The first-order valence-electron chi connectivity index (χ1n) is 9.79. The number of hydrogen-bond donors (Lipinski definition) is 2. The highest BCUT2D eigenvalue weighted by Crippen LogP contribution is 2.23. The van der Waals surface area contributed by atoms with Crippen LogP contribution in [0.3, 0.4) is 0 Å². The van der Waals surface area contributed by atoms with E-state index in [1.807, 2.05) is 19.1 Å². The van der Waals surface area contributed by atoms with Crippen molar-refractivity contribution in [2.45, 2.75) is 57.8 Å². The highest BCUT2D eigenvalue weighted by atomic mass is 35.5. The van der Waals surface area contributed by atoms with Crippen molar-refractivity contribution in [3.63, 3.8) is 0 Å². The van der Waals surface area contributed by atoms with Crippen LogP contribution >= 0.6 is 23.4 Å². The van der Waals surface area contributed by atoms with Crippen LogP contribution in [0.2, 0.25) is 5.02 Å². The lowest BCUT2D eigenvalue weighted by molar-refractivity contribution is -0.893. The lowest BCUT2D eigenvalue weighted by atomic mass is 10.2. The predicted octanol–water partition coefficient (Wildman–Crippen LogP) is 3.37. The van der Waals surface area contributed by atoms with Gasteiger partial charge in [0.2, 0.25) is 5.91 Å². The molecule has 0 fully saturated rings. The second-order valence-electron chi connectivity index (χ2n) is 7.18. The molecule has 1 atom stereocenters. The molecule has 2 rings (SSSR count). The third-order valence-corrected chi connectivity index (χ3v) is 5.91. The molecule has 1 aromatic carbocycles. The topological polar surface area (TPSA) is 64.2 Å². The Kier molecular flexibility index (Phi) is 8.79. The van der Waals surface area contributed by atoms with Crippen molar-refractivity contribution in [2.75, 3.05) is 25.2 Å². The third kappa shape index (κ3) is 5.96. The molecule has 0 radical (unpaired) electrons. The van der Waals surface area contributed by atoms with Gasteiger partial charge >= 0.3 is 0 Å². The number of carbonyl (C=O) groups excluding carboxylic acids is 1. The van der Waals surface area contributed by atoms with Crippen LogP contribution in [0.1, 0.15) is 50.5 Å². The molecule has 2 aromatic rings. The Morgan fingerprint density at radius 2 is 2.07 bits per heavy atom. The minimum absolute atomic E-state index is 0.0766. The minimum Gasteiger partial charge on any atom is -0.331 e. The molecule has 28 heavy (non-hydrogen) atoms. The van der Waals surface area contributed by atoms with E-state index in [4.69, 9.17) is 11.6 Å². The number of halogens is 1. The van der Waals surface area contributed by atoms with E-state index >= 15 is 0 Å². The summed E-state index contributed by atoms with van der Waals surface area (Å²) in [4.78, 5) is 13.8. The maximum absolute atomic E-state index is 12.4. The number of amides is 1. The fourth-order valence-electron chi connectivity index (χ4n) is 3.09. The van der Waals surface area contributed by atoms with E-state index in [9.17, 15) is 4.79 Å². The molecular weight excluding hydrogens is 394 g/mol. The van der Waals surface area contributed by atoms with Gasteiger partial charge in [0.25, 0.3) is 0 Å². The van der Waals surface area contributed by atoms with Gasteiger partial charge in [0.15, 0.2) is 11.0 Å². The summed E-state index contributed by atoms with van der Waals surface area (Å²) in [6.45, 7) is 7.16. The zero-order valence-corrected chi connectivity index (χ0v) is 19.0. The lowest BCUT2D eigenvalue weighted by Gasteiger charge is -2.20. The van der Waals surface area contributed by atoms with Crippen LogP contribution in [0.15, 0.2) is 23.4 Å². The summed E-state index contributed by atoms with van der Waals surface area (Å²) in [5, 5.41) is 13.2. The van der Waals surface area contributed by atoms with Crippen molar-refractivity contribution < 1.29 is 9.69 Å². The number of nitrogens with zero attached hydrogens (tertiary/aromatic N) is 3. The first kappa shape index (κ1) is 22.7. The van der Waals surface area contributed by atoms with E-state index in [2.05, 4.69) is 48.0 Å². The van der Waals surface area contributed by atoms with E-state index in [0.717, 1.165) is 48.0 Å². The summed E-state index contributed by atoms with van der Waals surface area (Å²) >= 11 is 7.46. The SMILES string of the molecule is CCCCn1c(SCC(=O)Nc2cc(Cl)ccc2C)nnc1[C@H](CC)[NH+](C)C. The van der Waals surface area contributed by atoms with Gasteiger partial charge in [0.1, 0.15) is 6.04 Å². The zero-order chi connectivity index (χ0) is 20.7. The maximum atomic E-state index is 12.4. The number of carbonyl (C=O) groups is 1. The van der Waals surface area contributed by atoms with Crippen molar-refractivity contribution in [1.82, 2.24) is 14.8 Å². The molecular formula is C20H31ClN5OS+. The number of aromatic nitrogens is 3. The third-order valence-electron chi connectivity index (χ3n) is 4.70. The number of rotatable bonds is 10. The number of anilines is 1. The van der Waals surface area contributed by atoms with Crippen LogP contribution in [0, 0.1) is 6.92 Å². The molecule has 0 saturated carbocycles. The quantitative estimate of drug-likeness (QED) is 0.574. The molecule has 6 nitrogen and oxygen atoms in total. The van der Waals surface area contributed by atoms with Crippen molar-refractivity contribution in [2.24, 2.45) is 0 Å². The monoisotopic (exact) mass is 424 g/mol. The number of unbranched alkanes of at least 4 members (excludes halogenated alkanes) is 1. The standard InChI is InChI=1S/C20H30ClN5OS/c1-6-8-11-26-19(17(7-2)25(4)5)23-24-20(26)28-13-18(27)22-16-12-15(21)10-9-14(16)3/h9-10,12,17H,6-8,11,13H2,1-5H3,(H,22,27)/p+1/t17-/m0/s1. The first-order valence-corrected chi connectivity index (χ1v) is 11.2. The van der Waals surface area contributed by atoms with Crippen LogP contribution < -0.4 is 10.2 Å². The summed E-state index contributed by atoms with van der Waals surface area (Å²) in [5.41, 5.74) is 1.73. The minimum atomic E-state index is -0.0766. The van der Waals surface area contributed by atoms with Crippen LogP contribution in [0.25, 0.3) is 0 Å². The van der Waals surface area contributed by atoms with Crippen LogP contribution in [-0.2, 0) is 11.3 Å². The number of hydrogen-bond acceptors (Lipinski definition) is 4. The second kappa shape index (κ2) is 10.8. The predicted molar refractivity (Wildman–Crippen MR) is 116 cm³/mol. The fourth-order valence-corrected chi connectivity index (χ4v) is 4.03. The van der Waals surface area contributed by atoms with Gasteiger partial charge in [-0.25, -0.2) is 0 Å². The molecule has 8 heteroatoms. The number of nitrogens with one attached hydrogen (secondary N) is 2. The average molecular weight is 425 g/mol. The van der Waals surface area contributed by atoms with Crippen LogP contribution in [0.4, 0.5) is 5.69 Å². The van der Waals surface area contributed by atoms with Crippen LogP contribution in [0.5, 0.6) is 0 Å². The molecule has 0 saturated heterocycles. The highest BCUT2D eigenvalue weighted by molar-refractivity contribution is 7.99. The molecule has 0 unspecified atom stereocenters. The van der Waals surface area contributed by atoms with Gasteiger partial charge in [-0.3, -0.25) is 4.79 Å². The van der Waals surface area contributed by atoms with Crippen molar-refractivity contribution in [3.05, 3.63) is 34.6 Å². The number of quaternary nitrogens is 1. The van der Waals surface area contributed by atoms with Gasteiger partial charge in [0, 0.05) is 23.7 Å². The van der Waals surface area contributed by atoms with Gasteiger partial charge < -0.3 is 14.8 Å². The Balaban J connectivity index is 2.11. The smallest absolute Gasteiger partial charge is 0.234 e. The maximum Gasteiger partial charge on any atom is 0.234 e. The Bertz CT molecular complexity index is 793.